The molecule has 29 heavy (non-hydrogen) atoms. The van der Waals surface area contributed by atoms with Gasteiger partial charge in [-0.25, -0.2) is 0 Å². The Balaban J connectivity index is 1.66. The minimum atomic E-state index is -1.11. The lowest BCUT2D eigenvalue weighted by Crippen LogP contribution is -2.52. The summed E-state index contributed by atoms with van der Waals surface area (Å²) in [5, 5.41) is 5.60. The van der Waals surface area contributed by atoms with Crippen LogP contribution >= 0.6 is 27.3 Å². The van der Waals surface area contributed by atoms with Gasteiger partial charge in [-0.1, -0.05) is 0 Å². The lowest BCUT2D eigenvalue weighted by molar-refractivity contribution is -0.120. The Kier molecular flexibility index (Phi) is 6.43. The minimum absolute atomic E-state index is 0.0348. The highest BCUT2D eigenvalue weighted by Gasteiger charge is 2.30. The molecule has 0 saturated carbocycles. The van der Waals surface area contributed by atoms with Crippen molar-refractivity contribution in [2.24, 2.45) is 0 Å². The Morgan fingerprint density at radius 1 is 1.10 bits per heavy atom. The first kappa shape index (κ1) is 21.5. The average molecular weight is 478 g/mol. The van der Waals surface area contributed by atoms with Crippen LogP contribution in [-0.2, 0) is 4.79 Å². The highest BCUT2D eigenvalue weighted by atomic mass is 79.9. The molecule has 2 aromatic rings. The molecule has 1 aliphatic heterocycles. The van der Waals surface area contributed by atoms with E-state index in [-0.39, 0.29) is 17.7 Å². The smallest absolute Gasteiger partial charge is 0.262 e. The summed E-state index contributed by atoms with van der Waals surface area (Å²) in [7, 11) is 0. The van der Waals surface area contributed by atoms with E-state index in [0.29, 0.717) is 16.1 Å². The normalized spacial score (nSPS) is 14.0. The van der Waals surface area contributed by atoms with Gasteiger partial charge in [0.05, 0.1) is 8.66 Å². The highest BCUT2D eigenvalue weighted by molar-refractivity contribution is 9.11. The van der Waals surface area contributed by atoms with Crippen LogP contribution in [0.1, 0.15) is 52.3 Å². The lowest BCUT2D eigenvalue weighted by Gasteiger charge is -2.25. The van der Waals surface area contributed by atoms with Gasteiger partial charge in [-0.3, -0.25) is 14.4 Å². The topological polar surface area (TPSA) is 78.5 Å². The third-order valence-electron chi connectivity index (χ3n) is 4.90. The maximum Gasteiger partial charge on any atom is 0.262 e. The standard InChI is InChI=1S/C21H24BrN3O3S/c1-13-12-14(6-7-15(13)19(27)25-10-4-5-11-25)23-20(28)21(2,3)24-18(26)16-8-9-17(22)29-16/h6-9,12H,4-5,10-11H2,1-3H3,(H,23,28)(H,24,26). The molecule has 0 bridgehead atoms. The van der Waals surface area contributed by atoms with Crippen molar-refractivity contribution < 1.29 is 14.4 Å². The Morgan fingerprint density at radius 2 is 1.79 bits per heavy atom. The highest BCUT2D eigenvalue weighted by Crippen LogP contribution is 2.23. The zero-order valence-electron chi connectivity index (χ0n) is 16.7. The van der Waals surface area contributed by atoms with Gasteiger partial charge in [0, 0.05) is 24.3 Å². The molecule has 1 saturated heterocycles. The van der Waals surface area contributed by atoms with E-state index in [1.54, 1.807) is 44.2 Å². The fraction of sp³-hybridized carbons (Fsp3) is 0.381. The number of rotatable bonds is 5. The summed E-state index contributed by atoms with van der Waals surface area (Å²) in [6, 6.07) is 8.76. The molecule has 0 unspecified atom stereocenters. The van der Waals surface area contributed by atoms with Gasteiger partial charge in [0.25, 0.3) is 11.8 Å². The van der Waals surface area contributed by atoms with Crippen LogP contribution in [-0.4, -0.2) is 41.2 Å². The van der Waals surface area contributed by atoms with Gasteiger partial charge in [-0.2, -0.15) is 0 Å². The van der Waals surface area contributed by atoms with Gasteiger partial charge in [0.15, 0.2) is 0 Å². The van der Waals surface area contributed by atoms with Crippen LogP contribution in [0.15, 0.2) is 34.1 Å². The Morgan fingerprint density at radius 3 is 2.38 bits per heavy atom. The molecule has 0 spiro atoms. The molecule has 154 valence electrons. The van der Waals surface area contributed by atoms with Crippen LogP contribution in [0.25, 0.3) is 0 Å². The first-order valence-corrected chi connectivity index (χ1v) is 11.1. The first-order chi connectivity index (χ1) is 13.7. The largest absolute Gasteiger partial charge is 0.339 e. The summed E-state index contributed by atoms with van der Waals surface area (Å²) in [5.74, 6) is -0.601. The van der Waals surface area contributed by atoms with Crippen LogP contribution in [0.4, 0.5) is 5.69 Å². The molecule has 2 heterocycles. The van der Waals surface area contributed by atoms with Crippen molar-refractivity contribution in [1.82, 2.24) is 10.2 Å². The average Bonchev–Trinajstić information content (AvgIpc) is 3.32. The maximum absolute atomic E-state index is 12.7. The molecule has 1 aromatic heterocycles. The van der Waals surface area contributed by atoms with Gasteiger partial charge in [0.2, 0.25) is 5.91 Å². The third-order valence-corrected chi connectivity index (χ3v) is 6.52. The summed E-state index contributed by atoms with van der Waals surface area (Å²) in [5.41, 5.74) is 0.947. The second-order valence-electron chi connectivity index (χ2n) is 7.67. The summed E-state index contributed by atoms with van der Waals surface area (Å²) in [4.78, 5) is 40.1. The van der Waals surface area contributed by atoms with Crippen molar-refractivity contribution in [3.8, 4) is 0 Å². The number of anilines is 1. The Labute approximate surface area is 182 Å². The number of amides is 3. The van der Waals surface area contributed by atoms with Gasteiger partial charge in [-0.05, 0) is 85.4 Å². The molecule has 3 rings (SSSR count). The number of nitrogens with zero attached hydrogens (tertiary/aromatic N) is 1. The number of carbonyl (C=O) groups excluding carboxylic acids is 3. The minimum Gasteiger partial charge on any atom is -0.339 e. The van der Waals surface area contributed by atoms with Crippen molar-refractivity contribution in [2.45, 2.75) is 39.2 Å². The number of thiophene rings is 1. The molecule has 3 amide bonds. The van der Waals surface area contributed by atoms with Gasteiger partial charge < -0.3 is 15.5 Å². The number of nitrogens with one attached hydrogen (secondary N) is 2. The molecule has 0 aliphatic carbocycles. The van der Waals surface area contributed by atoms with Crippen molar-refractivity contribution in [3.63, 3.8) is 0 Å². The quantitative estimate of drug-likeness (QED) is 0.676. The Hall–Kier alpha value is -2.19. The van der Waals surface area contributed by atoms with Crippen molar-refractivity contribution in [1.29, 1.82) is 0 Å². The summed E-state index contributed by atoms with van der Waals surface area (Å²) >= 11 is 4.64. The van der Waals surface area contributed by atoms with Crippen LogP contribution in [0.2, 0.25) is 0 Å². The second-order valence-corrected chi connectivity index (χ2v) is 10.1. The molecular formula is C21H24BrN3O3S. The van der Waals surface area contributed by atoms with E-state index in [9.17, 15) is 14.4 Å². The fourth-order valence-corrected chi connectivity index (χ4v) is 4.48. The van der Waals surface area contributed by atoms with E-state index >= 15 is 0 Å². The van der Waals surface area contributed by atoms with Crippen molar-refractivity contribution in [2.75, 3.05) is 18.4 Å². The van der Waals surface area contributed by atoms with E-state index < -0.39 is 5.54 Å². The molecule has 1 aliphatic rings. The molecule has 8 heteroatoms. The number of hydrogen-bond donors (Lipinski definition) is 2. The number of hydrogen-bond acceptors (Lipinski definition) is 4. The lowest BCUT2D eigenvalue weighted by atomic mass is 10.0. The molecule has 2 N–H and O–H groups in total. The summed E-state index contributed by atoms with van der Waals surface area (Å²) < 4.78 is 0.851. The van der Waals surface area contributed by atoms with Crippen LogP contribution in [0.3, 0.4) is 0 Å². The van der Waals surface area contributed by atoms with E-state index in [2.05, 4.69) is 26.6 Å². The number of aryl methyl sites for hydroxylation is 1. The third kappa shape index (κ3) is 5.05. The SMILES string of the molecule is Cc1cc(NC(=O)C(C)(C)NC(=O)c2ccc(Br)s2)ccc1C(=O)N1CCCC1. The number of halogens is 1. The number of likely N-dealkylation sites (tertiary alicyclic amines) is 1. The molecule has 1 aromatic carbocycles. The fourth-order valence-electron chi connectivity index (χ4n) is 3.20. The summed E-state index contributed by atoms with van der Waals surface area (Å²) in [6.45, 7) is 6.76. The van der Waals surface area contributed by atoms with Gasteiger partial charge >= 0.3 is 0 Å². The Bertz CT molecular complexity index is 948. The summed E-state index contributed by atoms with van der Waals surface area (Å²) in [6.07, 6.45) is 2.09. The van der Waals surface area contributed by atoms with E-state index in [0.717, 1.165) is 35.3 Å². The van der Waals surface area contributed by atoms with E-state index in [1.807, 2.05) is 11.8 Å². The first-order valence-electron chi connectivity index (χ1n) is 9.46. The predicted molar refractivity (Wildman–Crippen MR) is 119 cm³/mol. The molecular weight excluding hydrogens is 454 g/mol. The second kappa shape index (κ2) is 8.67. The van der Waals surface area contributed by atoms with Crippen molar-refractivity contribution in [3.05, 3.63) is 50.1 Å². The van der Waals surface area contributed by atoms with Crippen molar-refractivity contribution >= 4 is 50.7 Å². The van der Waals surface area contributed by atoms with Gasteiger partial charge in [-0.15, -0.1) is 11.3 Å². The maximum atomic E-state index is 12.7. The number of benzene rings is 1. The van der Waals surface area contributed by atoms with Crippen LogP contribution in [0, 0.1) is 6.92 Å². The zero-order valence-corrected chi connectivity index (χ0v) is 19.1. The van der Waals surface area contributed by atoms with E-state index in [4.69, 9.17) is 0 Å². The van der Waals surface area contributed by atoms with Crippen LogP contribution in [0.5, 0.6) is 0 Å². The predicted octanol–water partition coefficient (Wildman–Crippen LogP) is 4.20. The van der Waals surface area contributed by atoms with Gasteiger partial charge in [0.1, 0.15) is 5.54 Å². The molecule has 1 fully saturated rings. The van der Waals surface area contributed by atoms with Crippen LogP contribution < -0.4 is 10.6 Å². The molecule has 0 atom stereocenters. The zero-order chi connectivity index (χ0) is 21.2. The van der Waals surface area contributed by atoms with E-state index in [1.165, 1.54) is 11.3 Å². The molecule has 0 radical (unpaired) electrons. The monoisotopic (exact) mass is 477 g/mol. The molecule has 6 nitrogen and oxygen atoms in total. The number of carbonyl (C=O) groups is 3.